The van der Waals surface area contributed by atoms with Gasteiger partial charge in [-0.25, -0.2) is 4.98 Å². The molecule has 1 unspecified atom stereocenters. The van der Waals surface area contributed by atoms with Gasteiger partial charge in [0.2, 0.25) is 0 Å². The van der Waals surface area contributed by atoms with Gasteiger partial charge in [0.1, 0.15) is 10.9 Å². The third-order valence-electron chi connectivity index (χ3n) is 4.25. The van der Waals surface area contributed by atoms with E-state index >= 15 is 0 Å². The van der Waals surface area contributed by atoms with Crippen LogP contribution in [0.15, 0.2) is 34.9 Å². The first-order valence-electron chi connectivity index (χ1n) is 8.35. The Kier molecular flexibility index (Phi) is 4.52. The summed E-state index contributed by atoms with van der Waals surface area (Å²) in [6.45, 7) is 5.07. The van der Waals surface area contributed by atoms with Crippen LogP contribution in [0.1, 0.15) is 32.2 Å². The highest BCUT2D eigenvalue weighted by Crippen LogP contribution is 2.28. The number of amides is 1. The maximum Gasteiger partial charge on any atom is 0.266 e. The number of aryl methyl sites for hydroxylation is 2. The van der Waals surface area contributed by atoms with Crippen LogP contribution in [-0.4, -0.2) is 45.7 Å². The van der Waals surface area contributed by atoms with Crippen molar-refractivity contribution in [3.63, 3.8) is 0 Å². The number of hydrogen-bond donors (Lipinski definition) is 0. The van der Waals surface area contributed by atoms with Gasteiger partial charge in [0.15, 0.2) is 5.82 Å². The highest BCUT2D eigenvalue weighted by molar-refractivity contribution is 7.13. The average molecular weight is 370 g/mol. The first-order valence-corrected chi connectivity index (χ1v) is 9.17. The molecule has 0 N–H and O–H groups in total. The molecule has 1 aliphatic rings. The van der Waals surface area contributed by atoms with E-state index in [-0.39, 0.29) is 11.9 Å². The standard InChI is InChI=1S/C18H18N4O3S/c1-11-15(26-12(2)19-11)18(23)22-8-9-24-10-14(22)16-20-17(25-21-16)13-6-4-3-5-7-13/h3-7,14H,8-10H2,1-2H3. The predicted octanol–water partition coefficient (Wildman–Crippen LogP) is 3.02. The molecule has 134 valence electrons. The number of rotatable bonds is 3. The van der Waals surface area contributed by atoms with Crippen molar-refractivity contribution in [1.82, 2.24) is 20.0 Å². The number of benzene rings is 1. The van der Waals surface area contributed by atoms with Crippen molar-refractivity contribution in [1.29, 1.82) is 0 Å². The van der Waals surface area contributed by atoms with E-state index < -0.39 is 0 Å². The summed E-state index contributed by atoms with van der Waals surface area (Å²) in [4.78, 5) is 24.3. The van der Waals surface area contributed by atoms with Crippen molar-refractivity contribution in [3.8, 4) is 11.5 Å². The summed E-state index contributed by atoms with van der Waals surface area (Å²) < 4.78 is 11.0. The maximum absolute atomic E-state index is 13.0. The van der Waals surface area contributed by atoms with Gasteiger partial charge in [0.05, 0.1) is 23.9 Å². The number of carbonyl (C=O) groups is 1. The fourth-order valence-electron chi connectivity index (χ4n) is 2.99. The smallest absolute Gasteiger partial charge is 0.266 e. The van der Waals surface area contributed by atoms with Gasteiger partial charge >= 0.3 is 0 Å². The van der Waals surface area contributed by atoms with Crippen molar-refractivity contribution in [2.45, 2.75) is 19.9 Å². The molecule has 1 aliphatic heterocycles. The van der Waals surface area contributed by atoms with E-state index in [2.05, 4.69) is 15.1 Å². The lowest BCUT2D eigenvalue weighted by atomic mass is 10.2. The Balaban J connectivity index is 1.63. The monoisotopic (exact) mass is 370 g/mol. The molecule has 0 spiro atoms. The van der Waals surface area contributed by atoms with Crippen LogP contribution < -0.4 is 0 Å². The minimum Gasteiger partial charge on any atom is -0.377 e. The fraction of sp³-hybridized carbons (Fsp3) is 0.333. The molecule has 0 saturated carbocycles. The Bertz CT molecular complexity index is 922. The molecule has 1 saturated heterocycles. The van der Waals surface area contributed by atoms with Crippen LogP contribution in [0.3, 0.4) is 0 Å². The van der Waals surface area contributed by atoms with Gasteiger partial charge in [-0.05, 0) is 26.0 Å². The number of aromatic nitrogens is 3. The molecule has 3 heterocycles. The van der Waals surface area contributed by atoms with Gasteiger partial charge in [-0.1, -0.05) is 23.4 Å². The number of ether oxygens (including phenoxy) is 1. The molecule has 0 radical (unpaired) electrons. The van der Waals surface area contributed by atoms with Crippen molar-refractivity contribution >= 4 is 17.2 Å². The van der Waals surface area contributed by atoms with Crippen LogP contribution in [0.4, 0.5) is 0 Å². The molecule has 0 aliphatic carbocycles. The molecule has 1 atom stereocenters. The van der Waals surface area contributed by atoms with E-state index in [1.165, 1.54) is 11.3 Å². The van der Waals surface area contributed by atoms with Crippen LogP contribution in [0.5, 0.6) is 0 Å². The number of morpholine rings is 1. The number of carbonyl (C=O) groups excluding carboxylic acids is 1. The van der Waals surface area contributed by atoms with Gasteiger partial charge < -0.3 is 14.2 Å². The lowest BCUT2D eigenvalue weighted by Gasteiger charge is -2.33. The molecule has 0 bridgehead atoms. The number of thiazole rings is 1. The zero-order valence-electron chi connectivity index (χ0n) is 14.5. The lowest BCUT2D eigenvalue weighted by Crippen LogP contribution is -2.43. The van der Waals surface area contributed by atoms with E-state index in [0.717, 1.165) is 16.3 Å². The summed E-state index contributed by atoms with van der Waals surface area (Å²) in [6.07, 6.45) is 0. The number of nitrogens with zero attached hydrogens (tertiary/aromatic N) is 4. The normalized spacial score (nSPS) is 17.5. The van der Waals surface area contributed by atoms with Gasteiger partial charge in [-0.2, -0.15) is 4.98 Å². The second-order valence-corrected chi connectivity index (χ2v) is 7.26. The van der Waals surface area contributed by atoms with Gasteiger partial charge in [-0.3, -0.25) is 4.79 Å². The first-order chi connectivity index (χ1) is 12.6. The van der Waals surface area contributed by atoms with Crippen LogP contribution in [-0.2, 0) is 4.74 Å². The highest BCUT2D eigenvalue weighted by atomic mass is 32.1. The van der Waals surface area contributed by atoms with Crippen molar-refractivity contribution in [2.24, 2.45) is 0 Å². The molecular weight excluding hydrogens is 352 g/mol. The second kappa shape index (κ2) is 6.97. The van der Waals surface area contributed by atoms with Crippen LogP contribution in [0.25, 0.3) is 11.5 Å². The molecular formula is C18H18N4O3S. The third kappa shape index (κ3) is 3.13. The minimum atomic E-state index is -0.376. The Morgan fingerprint density at radius 2 is 2.04 bits per heavy atom. The van der Waals surface area contributed by atoms with E-state index in [9.17, 15) is 4.79 Å². The van der Waals surface area contributed by atoms with Crippen molar-refractivity contribution in [2.75, 3.05) is 19.8 Å². The quantitative estimate of drug-likeness (QED) is 0.705. The summed E-state index contributed by atoms with van der Waals surface area (Å²) in [5.41, 5.74) is 1.59. The Labute approximate surface area is 154 Å². The SMILES string of the molecule is Cc1nc(C)c(C(=O)N2CCOCC2c2noc(-c3ccccc3)n2)s1. The molecule has 3 aromatic rings. The van der Waals surface area contributed by atoms with E-state index in [1.807, 2.05) is 44.2 Å². The molecule has 8 heteroatoms. The summed E-state index contributed by atoms with van der Waals surface area (Å²) in [5, 5.41) is 4.97. The molecule has 26 heavy (non-hydrogen) atoms. The van der Waals surface area contributed by atoms with E-state index in [1.54, 1.807) is 4.90 Å². The summed E-state index contributed by atoms with van der Waals surface area (Å²) in [5.74, 6) is 0.826. The number of hydrogen-bond acceptors (Lipinski definition) is 7. The second-order valence-electron chi connectivity index (χ2n) is 6.06. The summed E-state index contributed by atoms with van der Waals surface area (Å²) in [7, 11) is 0. The van der Waals surface area contributed by atoms with E-state index in [4.69, 9.17) is 9.26 Å². The Hall–Kier alpha value is -2.58. The van der Waals surface area contributed by atoms with Crippen LogP contribution in [0, 0.1) is 13.8 Å². The average Bonchev–Trinajstić information content (AvgIpc) is 3.28. The summed E-state index contributed by atoms with van der Waals surface area (Å²) in [6, 6.07) is 9.18. The Morgan fingerprint density at radius 3 is 2.77 bits per heavy atom. The lowest BCUT2D eigenvalue weighted by molar-refractivity contribution is -0.00556. The molecule has 2 aromatic heterocycles. The fourth-order valence-corrected chi connectivity index (χ4v) is 3.86. The summed E-state index contributed by atoms with van der Waals surface area (Å²) >= 11 is 1.41. The predicted molar refractivity (Wildman–Crippen MR) is 95.9 cm³/mol. The molecule has 7 nitrogen and oxygen atoms in total. The largest absolute Gasteiger partial charge is 0.377 e. The zero-order chi connectivity index (χ0) is 18.1. The first kappa shape index (κ1) is 16.9. The maximum atomic E-state index is 13.0. The van der Waals surface area contributed by atoms with Gasteiger partial charge in [0, 0.05) is 12.1 Å². The van der Waals surface area contributed by atoms with E-state index in [0.29, 0.717) is 36.4 Å². The highest BCUT2D eigenvalue weighted by Gasteiger charge is 2.34. The molecule has 4 rings (SSSR count). The molecule has 1 aromatic carbocycles. The third-order valence-corrected chi connectivity index (χ3v) is 5.31. The van der Waals surface area contributed by atoms with Gasteiger partial charge in [0.25, 0.3) is 11.8 Å². The van der Waals surface area contributed by atoms with Crippen molar-refractivity contribution in [3.05, 3.63) is 51.7 Å². The van der Waals surface area contributed by atoms with Crippen LogP contribution >= 0.6 is 11.3 Å². The van der Waals surface area contributed by atoms with Gasteiger partial charge in [-0.15, -0.1) is 11.3 Å². The molecule has 1 amide bonds. The topological polar surface area (TPSA) is 81.4 Å². The molecule has 1 fully saturated rings. The minimum absolute atomic E-state index is 0.0625. The zero-order valence-corrected chi connectivity index (χ0v) is 15.3. The Morgan fingerprint density at radius 1 is 1.23 bits per heavy atom. The van der Waals surface area contributed by atoms with Crippen molar-refractivity contribution < 1.29 is 14.1 Å². The van der Waals surface area contributed by atoms with Crippen LogP contribution in [0.2, 0.25) is 0 Å².